The smallest absolute Gasteiger partial charge is 0.265 e. The monoisotopic (exact) mass is 439 g/mol. The molecule has 170 valence electrons. The topological polar surface area (TPSA) is 80.3 Å². The number of carbonyl (C=O) groups excluding carboxylic acids is 2. The highest BCUT2D eigenvalue weighted by Crippen LogP contribution is 2.34. The van der Waals surface area contributed by atoms with E-state index in [-0.39, 0.29) is 18.4 Å². The van der Waals surface area contributed by atoms with Crippen molar-refractivity contribution in [2.45, 2.75) is 25.4 Å². The van der Waals surface area contributed by atoms with Crippen LogP contribution in [0.15, 0.2) is 42.5 Å². The third kappa shape index (κ3) is 4.74. The Balaban J connectivity index is 1.50. The second kappa shape index (κ2) is 9.80. The molecule has 32 heavy (non-hydrogen) atoms. The Hall–Kier alpha value is -3.42. The number of hydrogen-bond acceptors (Lipinski definition) is 6. The lowest BCUT2D eigenvalue weighted by molar-refractivity contribution is -0.139. The maximum atomic E-state index is 13.1. The maximum absolute atomic E-state index is 13.1. The molecule has 4 rings (SSSR count). The number of nitrogens with zero attached hydrogens (tertiary/aromatic N) is 2. The van der Waals surface area contributed by atoms with Crippen molar-refractivity contribution in [3.63, 3.8) is 0 Å². The highest BCUT2D eigenvalue weighted by molar-refractivity contribution is 5.96. The quantitative estimate of drug-likeness (QED) is 0.746. The second-order valence-electron chi connectivity index (χ2n) is 7.96. The number of anilines is 2. The molecule has 2 heterocycles. The van der Waals surface area contributed by atoms with Gasteiger partial charge in [-0.3, -0.25) is 9.59 Å². The van der Waals surface area contributed by atoms with Crippen LogP contribution in [0.1, 0.15) is 19.3 Å². The van der Waals surface area contributed by atoms with E-state index in [0.717, 1.165) is 38.0 Å². The van der Waals surface area contributed by atoms with Gasteiger partial charge in [0.05, 0.1) is 38.7 Å². The molecule has 2 aromatic carbocycles. The molecule has 2 aliphatic heterocycles. The summed E-state index contributed by atoms with van der Waals surface area (Å²) in [5.41, 5.74) is 1.32. The van der Waals surface area contributed by atoms with Gasteiger partial charge in [-0.1, -0.05) is 12.1 Å². The van der Waals surface area contributed by atoms with Crippen molar-refractivity contribution in [2.24, 2.45) is 0 Å². The lowest BCUT2D eigenvalue weighted by Crippen LogP contribution is -2.52. The van der Waals surface area contributed by atoms with Crippen LogP contribution < -0.4 is 24.4 Å². The molecule has 0 unspecified atom stereocenters. The predicted octanol–water partition coefficient (Wildman–Crippen LogP) is 2.92. The summed E-state index contributed by atoms with van der Waals surface area (Å²) in [5, 5.41) is 2.90. The van der Waals surface area contributed by atoms with Gasteiger partial charge in [-0.25, -0.2) is 0 Å². The molecule has 2 aromatic rings. The minimum atomic E-state index is -0.637. The third-order valence-electron chi connectivity index (χ3n) is 5.82. The number of carbonyl (C=O) groups is 2. The number of rotatable bonds is 6. The van der Waals surface area contributed by atoms with Crippen molar-refractivity contribution in [1.29, 1.82) is 0 Å². The first kappa shape index (κ1) is 21.8. The standard InChI is InChI=1S/C24H29N3O5/c1-30-17-10-11-20(31-2)18(14-17)25-23(28)16-27-15-22(24(29)26-12-6-3-7-13-26)32-21-9-5-4-8-19(21)27/h4-5,8-11,14,22H,3,6-7,12-13,15-16H2,1-2H3,(H,25,28)/t22-/m0/s1. The molecule has 0 aliphatic carbocycles. The van der Waals surface area contributed by atoms with E-state index >= 15 is 0 Å². The van der Waals surface area contributed by atoms with Crippen molar-refractivity contribution in [2.75, 3.05) is 50.6 Å². The summed E-state index contributed by atoms with van der Waals surface area (Å²) < 4.78 is 16.7. The van der Waals surface area contributed by atoms with Crippen LogP contribution in [-0.4, -0.2) is 63.2 Å². The normalized spacial score (nSPS) is 17.8. The number of benzene rings is 2. The number of fused-ring (bicyclic) bond motifs is 1. The largest absolute Gasteiger partial charge is 0.497 e. The van der Waals surface area contributed by atoms with Crippen LogP contribution in [0.2, 0.25) is 0 Å². The summed E-state index contributed by atoms with van der Waals surface area (Å²) in [4.78, 5) is 29.8. The van der Waals surface area contributed by atoms with Gasteiger partial charge in [0, 0.05) is 19.2 Å². The minimum absolute atomic E-state index is 0.0147. The maximum Gasteiger partial charge on any atom is 0.265 e. The Labute approximate surface area is 188 Å². The predicted molar refractivity (Wildman–Crippen MR) is 122 cm³/mol. The molecule has 2 aliphatic rings. The summed E-state index contributed by atoms with van der Waals surface area (Å²) in [6.45, 7) is 1.91. The van der Waals surface area contributed by atoms with Crippen LogP contribution in [0, 0.1) is 0 Å². The van der Waals surface area contributed by atoms with Gasteiger partial charge >= 0.3 is 0 Å². The molecule has 1 N–H and O–H groups in total. The summed E-state index contributed by atoms with van der Waals surface area (Å²) in [6, 6.07) is 12.7. The lowest BCUT2D eigenvalue weighted by atomic mass is 10.1. The molecule has 2 amide bonds. The first-order valence-electron chi connectivity index (χ1n) is 10.9. The van der Waals surface area contributed by atoms with Gasteiger partial charge in [0.2, 0.25) is 5.91 Å². The third-order valence-corrected chi connectivity index (χ3v) is 5.82. The molecular formula is C24H29N3O5. The van der Waals surface area contributed by atoms with Crippen LogP contribution in [0.3, 0.4) is 0 Å². The number of ether oxygens (including phenoxy) is 3. The molecule has 8 heteroatoms. The molecule has 0 bridgehead atoms. The first-order chi connectivity index (χ1) is 15.6. The molecular weight excluding hydrogens is 410 g/mol. The number of nitrogens with one attached hydrogen (secondary N) is 1. The first-order valence-corrected chi connectivity index (χ1v) is 10.9. The van der Waals surface area contributed by atoms with E-state index in [9.17, 15) is 9.59 Å². The van der Waals surface area contributed by atoms with Gasteiger partial charge in [-0.05, 0) is 43.5 Å². The molecule has 0 aromatic heterocycles. The fourth-order valence-electron chi connectivity index (χ4n) is 4.18. The number of methoxy groups -OCH3 is 2. The number of likely N-dealkylation sites (tertiary alicyclic amines) is 1. The van der Waals surface area contributed by atoms with E-state index in [4.69, 9.17) is 14.2 Å². The van der Waals surface area contributed by atoms with Crippen LogP contribution in [0.5, 0.6) is 17.2 Å². The Morgan fingerprint density at radius 3 is 2.59 bits per heavy atom. The van der Waals surface area contributed by atoms with Crippen LogP contribution in [-0.2, 0) is 9.59 Å². The van der Waals surface area contributed by atoms with Gasteiger partial charge < -0.3 is 29.3 Å². The summed E-state index contributed by atoms with van der Waals surface area (Å²) in [6.07, 6.45) is 2.55. The Morgan fingerprint density at radius 1 is 1.06 bits per heavy atom. The van der Waals surface area contributed by atoms with E-state index in [2.05, 4.69) is 5.32 Å². The molecule has 1 fully saturated rings. The second-order valence-corrected chi connectivity index (χ2v) is 7.96. The van der Waals surface area contributed by atoms with Gasteiger partial charge in [0.25, 0.3) is 5.91 Å². The number of piperidine rings is 1. The van der Waals surface area contributed by atoms with Crippen molar-refractivity contribution in [3.05, 3.63) is 42.5 Å². The molecule has 1 atom stereocenters. The average molecular weight is 440 g/mol. The number of hydrogen-bond donors (Lipinski definition) is 1. The fraction of sp³-hybridized carbons (Fsp3) is 0.417. The van der Waals surface area contributed by atoms with Crippen molar-refractivity contribution in [3.8, 4) is 17.2 Å². The SMILES string of the molecule is COc1ccc(OC)c(NC(=O)CN2C[C@@H](C(=O)N3CCCCC3)Oc3ccccc32)c1. The molecule has 0 radical (unpaired) electrons. The van der Waals surface area contributed by atoms with Gasteiger partial charge in [-0.15, -0.1) is 0 Å². The molecule has 1 saturated heterocycles. The van der Waals surface area contributed by atoms with E-state index in [1.54, 1.807) is 32.4 Å². The van der Waals surface area contributed by atoms with E-state index in [1.807, 2.05) is 34.1 Å². The van der Waals surface area contributed by atoms with E-state index in [1.165, 1.54) is 0 Å². The summed E-state index contributed by atoms with van der Waals surface area (Å²) in [5.74, 6) is 1.53. The fourth-order valence-corrected chi connectivity index (χ4v) is 4.18. The zero-order chi connectivity index (χ0) is 22.5. The molecule has 0 spiro atoms. The van der Waals surface area contributed by atoms with Gasteiger partial charge in [0.1, 0.15) is 17.2 Å². The highest BCUT2D eigenvalue weighted by Gasteiger charge is 2.34. The summed E-state index contributed by atoms with van der Waals surface area (Å²) in [7, 11) is 3.12. The van der Waals surface area contributed by atoms with E-state index in [0.29, 0.717) is 29.5 Å². The Morgan fingerprint density at radius 2 is 1.84 bits per heavy atom. The Bertz CT molecular complexity index is 974. The number of amides is 2. The molecule has 8 nitrogen and oxygen atoms in total. The zero-order valence-corrected chi connectivity index (χ0v) is 18.5. The van der Waals surface area contributed by atoms with Crippen LogP contribution in [0.4, 0.5) is 11.4 Å². The van der Waals surface area contributed by atoms with Gasteiger partial charge in [-0.2, -0.15) is 0 Å². The average Bonchev–Trinajstić information content (AvgIpc) is 2.84. The minimum Gasteiger partial charge on any atom is -0.497 e. The lowest BCUT2D eigenvalue weighted by Gasteiger charge is -2.38. The van der Waals surface area contributed by atoms with Crippen LogP contribution in [0.25, 0.3) is 0 Å². The molecule has 0 saturated carbocycles. The van der Waals surface area contributed by atoms with E-state index < -0.39 is 6.10 Å². The van der Waals surface area contributed by atoms with Gasteiger partial charge in [0.15, 0.2) is 6.10 Å². The number of para-hydroxylation sites is 2. The Kier molecular flexibility index (Phi) is 6.68. The highest BCUT2D eigenvalue weighted by atomic mass is 16.5. The zero-order valence-electron chi connectivity index (χ0n) is 18.5. The van der Waals surface area contributed by atoms with Crippen molar-refractivity contribution < 1.29 is 23.8 Å². The van der Waals surface area contributed by atoms with Crippen molar-refractivity contribution in [1.82, 2.24) is 4.90 Å². The van der Waals surface area contributed by atoms with Crippen LogP contribution >= 0.6 is 0 Å². The summed E-state index contributed by atoms with van der Waals surface area (Å²) >= 11 is 0. The van der Waals surface area contributed by atoms with Crippen molar-refractivity contribution >= 4 is 23.2 Å².